The molecule has 0 bridgehead atoms. The molecule has 0 aliphatic rings. The Morgan fingerprint density at radius 3 is 2.31 bits per heavy atom. The van der Waals surface area contributed by atoms with Crippen molar-refractivity contribution >= 4 is 22.6 Å². The van der Waals surface area contributed by atoms with E-state index in [1.54, 1.807) is 36.4 Å². The van der Waals surface area contributed by atoms with Gasteiger partial charge in [-0.15, -0.1) is 0 Å². The SMILES string of the molecule is Cc1cc2oc(-c3ccc(Cl)cc3)c(OCc3ccc(F)cc3)c(=O)c2cc1C. The summed E-state index contributed by atoms with van der Waals surface area (Å²) in [5.74, 6) is 0.128. The zero-order valence-corrected chi connectivity index (χ0v) is 16.7. The van der Waals surface area contributed by atoms with Crippen molar-refractivity contribution in [1.29, 1.82) is 0 Å². The number of rotatable bonds is 4. The number of hydrogen-bond acceptors (Lipinski definition) is 3. The summed E-state index contributed by atoms with van der Waals surface area (Å²) >= 11 is 6.00. The van der Waals surface area contributed by atoms with Crippen molar-refractivity contribution in [1.82, 2.24) is 0 Å². The second-order valence-electron chi connectivity index (χ2n) is 6.94. The number of aryl methyl sites for hydroxylation is 2. The van der Waals surface area contributed by atoms with Crippen LogP contribution in [-0.2, 0) is 6.61 Å². The molecule has 0 spiro atoms. The van der Waals surface area contributed by atoms with Gasteiger partial charge in [0.25, 0.3) is 0 Å². The molecule has 0 saturated carbocycles. The minimum Gasteiger partial charge on any atom is -0.481 e. The van der Waals surface area contributed by atoms with Gasteiger partial charge in [0, 0.05) is 10.6 Å². The molecule has 3 nitrogen and oxygen atoms in total. The molecule has 29 heavy (non-hydrogen) atoms. The Hall–Kier alpha value is -3.11. The van der Waals surface area contributed by atoms with E-state index in [9.17, 15) is 9.18 Å². The molecule has 4 aromatic rings. The molecule has 0 radical (unpaired) electrons. The van der Waals surface area contributed by atoms with Crippen LogP contribution in [0.2, 0.25) is 5.02 Å². The first kappa shape index (κ1) is 19.2. The maximum atomic E-state index is 13.3. The third-order valence-electron chi connectivity index (χ3n) is 4.87. The van der Waals surface area contributed by atoms with Crippen molar-refractivity contribution in [3.8, 4) is 17.1 Å². The van der Waals surface area contributed by atoms with Crippen LogP contribution in [0.25, 0.3) is 22.3 Å². The lowest BCUT2D eigenvalue weighted by Gasteiger charge is -2.13. The lowest BCUT2D eigenvalue weighted by Crippen LogP contribution is -2.10. The summed E-state index contributed by atoms with van der Waals surface area (Å²) in [6.07, 6.45) is 0. The average molecular weight is 409 g/mol. The van der Waals surface area contributed by atoms with Gasteiger partial charge in [0.2, 0.25) is 11.2 Å². The first-order chi connectivity index (χ1) is 13.9. The molecule has 0 atom stereocenters. The van der Waals surface area contributed by atoms with E-state index >= 15 is 0 Å². The van der Waals surface area contributed by atoms with Crippen LogP contribution < -0.4 is 10.2 Å². The quantitative estimate of drug-likeness (QED) is 0.389. The van der Waals surface area contributed by atoms with Gasteiger partial charge < -0.3 is 9.15 Å². The molecule has 0 saturated heterocycles. The second kappa shape index (κ2) is 7.72. The zero-order chi connectivity index (χ0) is 20.5. The first-order valence-electron chi connectivity index (χ1n) is 9.13. The molecule has 146 valence electrons. The maximum absolute atomic E-state index is 13.3. The molecule has 0 N–H and O–H groups in total. The summed E-state index contributed by atoms with van der Waals surface area (Å²) in [5, 5.41) is 1.04. The summed E-state index contributed by atoms with van der Waals surface area (Å²) in [7, 11) is 0. The third kappa shape index (κ3) is 3.89. The summed E-state index contributed by atoms with van der Waals surface area (Å²) in [5.41, 5.74) is 3.70. The predicted octanol–water partition coefficient (Wildman–Crippen LogP) is 6.45. The van der Waals surface area contributed by atoms with E-state index in [1.807, 2.05) is 26.0 Å². The molecule has 4 rings (SSSR count). The number of halogens is 2. The zero-order valence-electron chi connectivity index (χ0n) is 16.0. The lowest BCUT2D eigenvalue weighted by molar-refractivity contribution is 0.297. The summed E-state index contributed by atoms with van der Waals surface area (Å²) in [6.45, 7) is 4.03. The Bertz CT molecular complexity index is 1240. The largest absolute Gasteiger partial charge is 0.481 e. The Balaban J connectivity index is 1.86. The molecular formula is C24H18ClFO3. The summed E-state index contributed by atoms with van der Waals surface area (Å²) in [6, 6.07) is 16.6. The number of benzene rings is 3. The second-order valence-corrected chi connectivity index (χ2v) is 7.38. The Morgan fingerprint density at radius 1 is 0.966 bits per heavy atom. The van der Waals surface area contributed by atoms with Gasteiger partial charge in [-0.05, 0) is 79.1 Å². The van der Waals surface area contributed by atoms with Crippen molar-refractivity contribution in [2.24, 2.45) is 0 Å². The highest BCUT2D eigenvalue weighted by Gasteiger charge is 2.18. The molecule has 0 aliphatic heterocycles. The summed E-state index contributed by atoms with van der Waals surface area (Å²) < 4.78 is 25.2. The van der Waals surface area contributed by atoms with Crippen LogP contribution in [0.1, 0.15) is 16.7 Å². The molecule has 3 aromatic carbocycles. The van der Waals surface area contributed by atoms with Gasteiger partial charge in [-0.3, -0.25) is 4.79 Å². The maximum Gasteiger partial charge on any atom is 0.235 e. The van der Waals surface area contributed by atoms with Gasteiger partial charge in [0.1, 0.15) is 18.0 Å². The van der Waals surface area contributed by atoms with E-state index in [0.29, 0.717) is 27.3 Å². The molecule has 0 fully saturated rings. The fraction of sp³-hybridized carbons (Fsp3) is 0.125. The molecule has 0 amide bonds. The van der Waals surface area contributed by atoms with E-state index < -0.39 is 0 Å². The van der Waals surface area contributed by atoms with Crippen molar-refractivity contribution in [3.63, 3.8) is 0 Å². The smallest absolute Gasteiger partial charge is 0.235 e. The number of hydrogen-bond donors (Lipinski definition) is 0. The van der Waals surface area contributed by atoms with Crippen LogP contribution >= 0.6 is 11.6 Å². The van der Waals surface area contributed by atoms with Crippen molar-refractivity contribution in [2.75, 3.05) is 0 Å². The highest BCUT2D eigenvalue weighted by molar-refractivity contribution is 6.30. The van der Waals surface area contributed by atoms with Gasteiger partial charge in [-0.1, -0.05) is 23.7 Å². The van der Waals surface area contributed by atoms with Crippen LogP contribution in [0.5, 0.6) is 5.75 Å². The molecule has 0 unspecified atom stereocenters. The van der Waals surface area contributed by atoms with Crippen molar-refractivity contribution in [2.45, 2.75) is 20.5 Å². The minimum atomic E-state index is -0.327. The van der Waals surface area contributed by atoms with Gasteiger partial charge in [0.15, 0.2) is 5.76 Å². The average Bonchev–Trinajstić information content (AvgIpc) is 2.71. The molecule has 0 aliphatic carbocycles. The lowest BCUT2D eigenvalue weighted by atomic mass is 10.0. The van der Waals surface area contributed by atoms with Crippen molar-refractivity contribution in [3.05, 3.63) is 98.4 Å². The van der Waals surface area contributed by atoms with Gasteiger partial charge in [-0.25, -0.2) is 4.39 Å². The van der Waals surface area contributed by atoms with Gasteiger partial charge in [0.05, 0.1) is 5.39 Å². The minimum absolute atomic E-state index is 0.113. The summed E-state index contributed by atoms with van der Waals surface area (Å²) in [4.78, 5) is 13.3. The van der Waals surface area contributed by atoms with Crippen LogP contribution in [0.3, 0.4) is 0 Å². The number of fused-ring (bicyclic) bond motifs is 1. The van der Waals surface area contributed by atoms with Crippen LogP contribution in [0.15, 0.2) is 69.9 Å². The standard InChI is InChI=1S/C24H18ClFO3/c1-14-11-20-21(12-15(14)2)29-23(17-5-7-18(25)8-6-17)24(22(20)27)28-13-16-3-9-19(26)10-4-16/h3-12H,13H2,1-2H3. The Labute approximate surface area is 172 Å². The Morgan fingerprint density at radius 2 is 1.62 bits per heavy atom. The molecule has 1 aromatic heterocycles. The molecule has 5 heteroatoms. The van der Waals surface area contributed by atoms with Gasteiger partial charge in [-0.2, -0.15) is 0 Å². The van der Waals surface area contributed by atoms with Crippen LogP contribution in [0.4, 0.5) is 4.39 Å². The van der Waals surface area contributed by atoms with E-state index in [1.165, 1.54) is 12.1 Å². The van der Waals surface area contributed by atoms with Crippen molar-refractivity contribution < 1.29 is 13.5 Å². The van der Waals surface area contributed by atoms with E-state index in [4.69, 9.17) is 20.8 Å². The molecule has 1 heterocycles. The number of ether oxygens (including phenoxy) is 1. The first-order valence-corrected chi connectivity index (χ1v) is 9.51. The monoisotopic (exact) mass is 408 g/mol. The molecular weight excluding hydrogens is 391 g/mol. The van der Waals surface area contributed by atoms with Crippen LogP contribution in [0, 0.1) is 19.7 Å². The topological polar surface area (TPSA) is 39.4 Å². The van der Waals surface area contributed by atoms with Crippen LogP contribution in [-0.4, -0.2) is 0 Å². The predicted molar refractivity (Wildman–Crippen MR) is 113 cm³/mol. The third-order valence-corrected chi connectivity index (χ3v) is 5.12. The van der Waals surface area contributed by atoms with E-state index in [-0.39, 0.29) is 23.6 Å². The van der Waals surface area contributed by atoms with E-state index in [0.717, 1.165) is 16.7 Å². The van der Waals surface area contributed by atoms with Gasteiger partial charge >= 0.3 is 0 Å². The fourth-order valence-corrected chi connectivity index (χ4v) is 3.22. The fourth-order valence-electron chi connectivity index (χ4n) is 3.09. The Kier molecular flexibility index (Phi) is 5.12. The highest BCUT2D eigenvalue weighted by Crippen LogP contribution is 2.33. The van der Waals surface area contributed by atoms with E-state index in [2.05, 4.69) is 0 Å². The normalized spacial score (nSPS) is 11.0. The highest BCUT2D eigenvalue weighted by atomic mass is 35.5.